The highest BCUT2D eigenvalue weighted by Crippen LogP contribution is 2.29. The van der Waals surface area contributed by atoms with Gasteiger partial charge in [0, 0.05) is 18.1 Å². The highest BCUT2D eigenvalue weighted by molar-refractivity contribution is 7.90. The fourth-order valence-electron chi connectivity index (χ4n) is 3.41. The van der Waals surface area contributed by atoms with E-state index in [-0.39, 0.29) is 27.1 Å². The van der Waals surface area contributed by atoms with E-state index in [9.17, 15) is 16.8 Å². The molecule has 3 rings (SSSR count). The van der Waals surface area contributed by atoms with Gasteiger partial charge in [-0.2, -0.15) is 21.9 Å². The number of piperidine rings is 1. The van der Waals surface area contributed by atoms with Gasteiger partial charge in [0.15, 0.2) is 0 Å². The Kier molecular flexibility index (Phi) is 5.42. The van der Waals surface area contributed by atoms with Crippen LogP contribution < -0.4 is 0 Å². The summed E-state index contributed by atoms with van der Waals surface area (Å²) >= 11 is 5.82. The maximum Gasteiger partial charge on any atom is 0.283 e. The van der Waals surface area contributed by atoms with Crippen LogP contribution in [0.2, 0.25) is 5.02 Å². The van der Waals surface area contributed by atoms with Gasteiger partial charge in [-0.3, -0.25) is 0 Å². The van der Waals surface area contributed by atoms with Crippen LogP contribution in [0.3, 0.4) is 0 Å². The van der Waals surface area contributed by atoms with Gasteiger partial charge >= 0.3 is 0 Å². The molecule has 0 aliphatic carbocycles. The zero-order valence-corrected chi connectivity index (χ0v) is 17.8. The molecule has 1 saturated heterocycles. The van der Waals surface area contributed by atoms with E-state index >= 15 is 0 Å². The van der Waals surface area contributed by atoms with Crippen LogP contribution in [-0.4, -0.2) is 43.4 Å². The van der Waals surface area contributed by atoms with Crippen molar-refractivity contribution in [3.05, 3.63) is 40.7 Å². The van der Waals surface area contributed by atoms with Gasteiger partial charge < -0.3 is 0 Å². The second-order valence-electron chi connectivity index (χ2n) is 6.91. The zero-order valence-electron chi connectivity index (χ0n) is 15.4. The second kappa shape index (κ2) is 7.20. The molecule has 1 aromatic carbocycles. The maximum absolute atomic E-state index is 13.2. The maximum atomic E-state index is 13.2. The van der Waals surface area contributed by atoms with Crippen LogP contribution in [0.5, 0.6) is 0 Å². The number of hydrogen-bond acceptors (Lipinski definition) is 5. The molecular weight excluding hydrogens is 410 g/mol. The summed E-state index contributed by atoms with van der Waals surface area (Å²) in [5, 5.41) is 4.46. The smallest absolute Gasteiger partial charge is 0.207 e. The predicted octanol–water partition coefficient (Wildman–Crippen LogP) is 2.81. The topological polar surface area (TPSA) is 89.3 Å². The molecule has 1 atom stereocenters. The first-order chi connectivity index (χ1) is 12.5. The lowest BCUT2D eigenvalue weighted by atomic mass is 10.0. The first kappa shape index (κ1) is 20.3. The average Bonchev–Trinajstić information content (AvgIpc) is 2.91. The summed E-state index contributed by atoms with van der Waals surface area (Å²) in [4.78, 5) is -0.0396. The second-order valence-corrected chi connectivity index (χ2v) is 11.0. The third-order valence-electron chi connectivity index (χ3n) is 4.74. The molecule has 1 aliphatic heterocycles. The number of aryl methyl sites for hydroxylation is 1. The quantitative estimate of drug-likeness (QED) is 0.742. The molecule has 0 bridgehead atoms. The molecule has 10 heteroatoms. The highest BCUT2D eigenvalue weighted by atomic mass is 35.5. The van der Waals surface area contributed by atoms with Gasteiger partial charge in [0.25, 0.3) is 10.0 Å². The number of benzene rings is 1. The van der Waals surface area contributed by atoms with Crippen molar-refractivity contribution in [3.63, 3.8) is 0 Å². The molecule has 0 N–H and O–H groups in total. The zero-order chi connectivity index (χ0) is 20.0. The lowest BCUT2D eigenvalue weighted by molar-refractivity contribution is 0.281. The van der Waals surface area contributed by atoms with Crippen molar-refractivity contribution in [3.8, 4) is 0 Å². The van der Waals surface area contributed by atoms with Crippen LogP contribution in [-0.2, 0) is 20.0 Å². The van der Waals surface area contributed by atoms with E-state index in [0.717, 1.165) is 16.9 Å². The average molecular weight is 432 g/mol. The van der Waals surface area contributed by atoms with E-state index in [4.69, 9.17) is 11.6 Å². The van der Waals surface area contributed by atoms with Crippen molar-refractivity contribution in [2.24, 2.45) is 5.92 Å². The highest BCUT2D eigenvalue weighted by Gasteiger charge is 2.35. The minimum atomic E-state index is -4.03. The number of nitrogens with zero attached hydrogens (tertiary/aromatic N) is 3. The Morgan fingerprint density at radius 2 is 1.70 bits per heavy atom. The minimum Gasteiger partial charge on any atom is -0.207 e. The van der Waals surface area contributed by atoms with Gasteiger partial charge in [-0.25, -0.2) is 8.42 Å². The van der Waals surface area contributed by atoms with Crippen molar-refractivity contribution in [1.82, 2.24) is 13.5 Å². The van der Waals surface area contributed by atoms with Crippen LogP contribution in [0.15, 0.2) is 34.1 Å². The Balaban J connectivity index is 2.08. The van der Waals surface area contributed by atoms with E-state index in [1.807, 2.05) is 6.92 Å². The van der Waals surface area contributed by atoms with E-state index < -0.39 is 20.0 Å². The van der Waals surface area contributed by atoms with Gasteiger partial charge in [-0.1, -0.05) is 18.5 Å². The summed E-state index contributed by atoms with van der Waals surface area (Å²) in [5.41, 5.74) is 0.254. The van der Waals surface area contributed by atoms with Crippen LogP contribution in [0, 0.1) is 19.8 Å². The Hall–Kier alpha value is -1.42. The van der Waals surface area contributed by atoms with Crippen molar-refractivity contribution >= 4 is 31.6 Å². The Morgan fingerprint density at radius 1 is 1.07 bits per heavy atom. The molecular formula is C17H22ClN3O4S2. The molecule has 0 spiro atoms. The van der Waals surface area contributed by atoms with Gasteiger partial charge in [-0.15, -0.1) is 0 Å². The van der Waals surface area contributed by atoms with E-state index in [1.165, 1.54) is 42.4 Å². The summed E-state index contributed by atoms with van der Waals surface area (Å²) in [6.45, 7) is 5.85. The fourth-order valence-corrected chi connectivity index (χ4v) is 6.91. The van der Waals surface area contributed by atoms with Crippen LogP contribution in [0.1, 0.15) is 31.2 Å². The van der Waals surface area contributed by atoms with E-state index in [2.05, 4.69) is 5.10 Å². The molecule has 0 amide bonds. The molecule has 148 valence electrons. The molecule has 1 aromatic heterocycles. The molecule has 27 heavy (non-hydrogen) atoms. The van der Waals surface area contributed by atoms with Gasteiger partial charge in [0.05, 0.1) is 16.3 Å². The van der Waals surface area contributed by atoms with Crippen LogP contribution in [0.4, 0.5) is 0 Å². The fraction of sp³-hybridized carbons (Fsp3) is 0.471. The van der Waals surface area contributed by atoms with Crippen LogP contribution >= 0.6 is 11.6 Å². The number of aromatic nitrogens is 2. The predicted molar refractivity (Wildman–Crippen MR) is 103 cm³/mol. The SMILES string of the molecule is Cc1nn(S(=O)(=O)c2ccc(Cl)cc2)c(C)c1S(=O)(=O)N1CCC[C@@H](C)C1. The van der Waals surface area contributed by atoms with Crippen molar-refractivity contribution in [2.45, 2.75) is 43.4 Å². The molecule has 2 heterocycles. The molecule has 7 nitrogen and oxygen atoms in total. The third kappa shape index (κ3) is 3.65. The van der Waals surface area contributed by atoms with Gasteiger partial charge in [0.2, 0.25) is 10.0 Å². The summed E-state index contributed by atoms with van der Waals surface area (Å²) in [5.74, 6) is 0.266. The molecule has 1 fully saturated rings. The number of sulfonamides is 1. The Morgan fingerprint density at radius 3 is 2.30 bits per heavy atom. The molecule has 0 saturated carbocycles. The van der Waals surface area contributed by atoms with Gasteiger partial charge in [-0.05, 0) is 56.9 Å². The largest absolute Gasteiger partial charge is 0.283 e. The van der Waals surface area contributed by atoms with E-state index in [1.54, 1.807) is 0 Å². The van der Waals surface area contributed by atoms with Crippen molar-refractivity contribution < 1.29 is 16.8 Å². The summed E-state index contributed by atoms with van der Waals surface area (Å²) in [6, 6.07) is 5.67. The lowest BCUT2D eigenvalue weighted by Crippen LogP contribution is -2.39. The molecule has 2 aromatic rings. The standard InChI is InChI=1S/C17H22ClN3O4S2/c1-12-5-4-10-20(11-12)27(24,25)17-13(2)19-21(14(17)3)26(22,23)16-8-6-15(18)7-9-16/h6-9,12H,4-5,10-11H2,1-3H3/t12-/m1/s1. The van der Waals surface area contributed by atoms with Crippen molar-refractivity contribution in [1.29, 1.82) is 0 Å². The number of rotatable bonds is 4. The Labute approximate surface area is 165 Å². The first-order valence-electron chi connectivity index (χ1n) is 8.62. The summed E-state index contributed by atoms with van der Waals surface area (Å²) in [7, 11) is -7.85. The number of hydrogen-bond donors (Lipinski definition) is 0. The monoisotopic (exact) mass is 431 g/mol. The van der Waals surface area contributed by atoms with Gasteiger partial charge in [0.1, 0.15) is 4.90 Å². The normalized spacial score (nSPS) is 19.3. The summed E-state index contributed by atoms with van der Waals surface area (Å²) < 4.78 is 54.4. The van der Waals surface area contributed by atoms with Crippen molar-refractivity contribution in [2.75, 3.05) is 13.1 Å². The molecule has 0 radical (unpaired) electrons. The minimum absolute atomic E-state index is 0.00644. The Bertz CT molecular complexity index is 1060. The lowest BCUT2D eigenvalue weighted by Gasteiger charge is -2.30. The molecule has 0 unspecified atom stereocenters. The first-order valence-corrected chi connectivity index (χ1v) is 11.9. The summed E-state index contributed by atoms with van der Waals surface area (Å²) in [6.07, 6.45) is 1.77. The number of halogens is 1. The molecule has 1 aliphatic rings. The van der Waals surface area contributed by atoms with Crippen LogP contribution in [0.25, 0.3) is 0 Å². The third-order valence-corrected chi connectivity index (χ3v) is 8.79. The van der Waals surface area contributed by atoms with E-state index in [0.29, 0.717) is 18.1 Å².